The summed E-state index contributed by atoms with van der Waals surface area (Å²) in [5, 5.41) is 5.34. The number of thiazole rings is 1. The standard InChI is InChI=1S/C8H7Cl2N3O3S/c1-3(14)11-7-5(12-8(10)17-7)4(6(9)15)13-16-2/h1-2H3,(H,11,14). The number of anilines is 1. The highest BCUT2D eigenvalue weighted by Crippen LogP contribution is 2.29. The molecule has 9 heteroatoms. The van der Waals surface area contributed by atoms with E-state index in [-0.39, 0.29) is 26.8 Å². The van der Waals surface area contributed by atoms with Crippen LogP contribution in [-0.2, 0) is 14.4 Å². The highest BCUT2D eigenvalue weighted by molar-refractivity contribution is 7.20. The van der Waals surface area contributed by atoms with Crippen LogP contribution in [0.15, 0.2) is 5.16 Å². The van der Waals surface area contributed by atoms with Crippen LogP contribution in [0.3, 0.4) is 0 Å². The van der Waals surface area contributed by atoms with E-state index >= 15 is 0 Å². The summed E-state index contributed by atoms with van der Waals surface area (Å²) in [6.07, 6.45) is 0. The van der Waals surface area contributed by atoms with Gasteiger partial charge in [0, 0.05) is 6.92 Å². The zero-order valence-electron chi connectivity index (χ0n) is 8.78. The van der Waals surface area contributed by atoms with Crippen LogP contribution in [0.1, 0.15) is 12.6 Å². The van der Waals surface area contributed by atoms with Crippen molar-refractivity contribution in [1.82, 2.24) is 4.98 Å². The first-order valence-electron chi connectivity index (χ1n) is 4.21. The minimum Gasteiger partial charge on any atom is -0.398 e. The van der Waals surface area contributed by atoms with Gasteiger partial charge in [-0.2, -0.15) is 0 Å². The van der Waals surface area contributed by atoms with Crippen LogP contribution in [0.2, 0.25) is 4.47 Å². The van der Waals surface area contributed by atoms with Crippen LogP contribution in [0, 0.1) is 0 Å². The smallest absolute Gasteiger partial charge is 0.276 e. The van der Waals surface area contributed by atoms with Gasteiger partial charge in [0.1, 0.15) is 17.8 Å². The summed E-state index contributed by atoms with van der Waals surface area (Å²) >= 11 is 12.0. The molecule has 0 saturated carbocycles. The Morgan fingerprint density at radius 1 is 1.53 bits per heavy atom. The molecular formula is C8H7Cl2N3O3S. The van der Waals surface area contributed by atoms with Crippen LogP contribution in [-0.4, -0.2) is 29.0 Å². The van der Waals surface area contributed by atoms with Crippen molar-refractivity contribution in [3.05, 3.63) is 10.2 Å². The fourth-order valence-corrected chi connectivity index (χ4v) is 2.14. The van der Waals surface area contributed by atoms with E-state index in [0.717, 1.165) is 11.3 Å². The molecule has 1 amide bonds. The molecule has 1 aromatic heterocycles. The minimum atomic E-state index is -0.861. The summed E-state index contributed by atoms with van der Waals surface area (Å²) in [6, 6.07) is 0. The number of aromatic nitrogens is 1. The van der Waals surface area contributed by atoms with Gasteiger partial charge in [-0.1, -0.05) is 28.1 Å². The summed E-state index contributed by atoms with van der Waals surface area (Å²) < 4.78 is 0.144. The van der Waals surface area contributed by atoms with Crippen LogP contribution in [0.5, 0.6) is 0 Å². The van der Waals surface area contributed by atoms with Gasteiger partial charge in [-0.05, 0) is 11.6 Å². The average Bonchev–Trinajstić information content (AvgIpc) is 2.54. The molecule has 0 saturated heterocycles. The number of oxime groups is 1. The van der Waals surface area contributed by atoms with E-state index in [1.807, 2.05) is 0 Å². The van der Waals surface area contributed by atoms with Gasteiger partial charge < -0.3 is 10.2 Å². The Morgan fingerprint density at radius 2 is 2.18 bits per heavy atom. The molecule has 17 heavy (non-hydrogen) atoms. The van der Waals surface area contributed by atoms with Crippen molar-refractivity contribution < 1.29 is 14.4 Å². The molecule has 0 aliphatic heterocycles. The van der Waals surface area contributed by atoms with E-state index in [9.17, 15) is 9.59 Å². The van der Waals surface area contributed by atoms with Crippen molar-refractivity contribution in [2.24, 2.45) is 5.16 Å². The van der Waals surface area contributed by atoms with Crippen LogP contribution < -0.4 is 5.32 Å². The number of hydrogen-bond acceptors (Lipinski definition) is 6. The van der Waals surface area contributed by atoms with Crippen molar-refractivity contribution in [1.29, 1.82) is 0 Å². The van der Waals surface area contributed by atoms with Crippen LogP contribution >= 0.6 is 34.5 Å². The third-order valence-electron chi connectivity index (χ3n) is 1.48. The number of amides is 1. The van der Waals surface area contributed by atoms with Crippen molar-refractivity contribution in [3.63, 3.8) is 0 Å². The second-order valence-corrected chi connectivity index (χ2v) is 4.65. The first-order valence-corrected chi connectivity index (χ1v) is 5.78. The zero-order chi connectivity index (χ0) is 13.0. The molecule has 1 N–H and O–H groups in total. The lowest BCUT2D eigenvalue weighted by molar-refractivity contribution is -0.114. The van der Waals surface area contributed by atoms with Crippen molar-refractivity contribution in [2.75, 3.05) is 12.4 Å². The normalized spacial score (nSPS) is 11.2. The summed E-state index contributed by atoms with van der Waals surface area (Å²) in [5.41, 5.74) is -0.141. The van der Waals surface area contributed by atoms with Crippen molar-refractivity contribution >= 4 is 56.4 Å². The van der Waals surface area contributed by atoms with Gasteiger partial charge in [-0.25, -0.2) is 4.98 Å². The van der Waals surface area contributed by atoms with Gasteiger partial charge >= 0.3 is 0 Å². The van der Waals surface area contributed by atoms with E-state index in [1.54, 1.807) is 0 Å². The molecule has 1 heterocycles. The van der Waals surface area contributed by atoms with Gasteiger partial charge in [0.05, 0.1) is 0 Å². The fraction of sp³-hybridized carbons (Fsp3) is 0.250. The largest absolute Gasteiger partial charge is 0.398 e. The molecule has 0 unspecified atom stereocenters. The van der Waals surface area contributed by atoms with Crippen LogP contribution in [0.4, 0.5) is 5.00 Å². The monoisotopic (exact) mass is 295 g/mol. The van der Waals surface area contributed by atoms with Crippen molar-refractivity contribution in [2.45, 2.75) is 6.92 Å². The maximum Gasteiger partial charge on any atom is 0.276 e. The Bertz CT molecular complexity index is 486. The Hall–Kier alpha value is -1.18. The van der Waals surface area contributed by atoms with Gasteiger partial charge in [0.25, 0.3) is 5.24 Å². The molecule has 1 aromatic rings. The number of nitrogens with zero attached hydrogens (tertiary/aromatic N) is 2. The predicted octanol–water partition coefficient (Wildman–Crippen LogP) is 1.87. The van der Waals surface area contributed by atoms with Gasteiger partial charge in [-0.3, -0.25) is 9.59 Å². The molecule has 0 aliphatic carbocycles. The molecular weight excluding hydrogens is 289 g/mol. The number of rotatable bonds is 4. The lowest BCUT2D eigenvalue weighted by Gasteiger charge is -2.01. The van der Waals surface area contributed by atoms with Gasteiger partial charge in [-0.15, -0.1) is 0 Å². The lowest BCUT2D eigenvalue weighted by Crippen LogP contribution is -2.15. The highest BCUT2D eigenvalue weighted by atomic mass is 35.5. The molecule has 0 fully saturated rings. The van der Waals surface area contributed by atoms with Gasteiger partial charge in [0.15, 0.2) is 10.2 Å². The molecule has 6 nitrogen and oxygen atoms in total. The summed E-state index contributed by atoms with van der Waals surface area (Å²) in [4.78, 5) is 30.4. The van der Waals surface area contributed by atoms with E-state index in [1.165, 1.54) is 14.0 Å². The predicted molar refractivity (Wildman–Crippen MR) is 65.8 cm³/mol. The second kappa shape index (κ2) is 5.95. The van der Waals surface area contributed by atoms with E-state index in [2.05, 4.69) is 20.3 Å². The molecule has 0 aliphatic rings. The summed E-state index contributed by atoms with van der Waals surface area (Å²) in [5.74, 6) is -0.328. The SMILES string of the molecule is CON=C(C(=O)Cl)c1nc(Cl)sc1NC(C)=O. The molecule has 1 rings (SSSR count). The minimum absolute atomic E-state index is 0.0806. The number of hydrogen-bond donors (Lipinski definition) is 1. The fourth-order valence-electron chi connectivity index (χ4n) is 0.963. The molecule has 0 atom stereocenters. The number of halogens is 2. The maximum atomic E-state index is 11.1. The first kappa shape index (κ1) is 13.9. The Balaban J connectivity index is 3.23. The first-order chi connectivity index (χ1) is 7.95. The van der Waals surface area contributed by atoms with E-state index in [4.69, 9.17) is 23.2 Å². The van der Waals surface area contributed by atoms with Gasteiger partial charge in [0.2, 0.25) is 5.91 Å². The average molecular weight is 296 g/mol. The van der Waals surface area contributed by atoms with E-state index in [0.29, 0.717) is 0 Å². The molecule has 92 valence electrons. The topological polar surface area (TPSA) is 80.7 Å². The number of carbonyl (C=O) groups is 2. The second-order valence-electron chi connectivity index (χ2n) is 2.72. The zero-order valence-corrected chi connectivity index (χ0v) is 11.1. The third kappa shape index (κ3) is 3.65. The molecule has 0 spiro atoms. The summed E-state index contributed by atoms with van der Waals surface area (Å²) in [7, 11) is 1.26. The third-order valence-corrected chi connectivity index (χ3v) is 2.74. The molecule has 0 bridgehead atoms. The van der Waals surface area contributed by atoms with Crippen molar-refractivity contribution in [3.8, 4) is 0 Å². The number of carbonyl (C=O) groups excluding carboxylic acids is 2. The molecule has 0 radical (unpaired) electrons. The maximum absolute atomic E-state index is 11.1. The van der Waals surface area contributed by atoms with E-state index < -0.39 is 5.24 Å². The number of nitrogens with one attached hydrogen (secondary N) is 1. The van der Waals surface area contributed by atoms with Crippen LogP contribution in [0.25, 0.3) is 0 Å². The quantitative estimate of drug-likeness (QED) is 0.522. The Labute approximate surface area is 111 Å². The Kier molecular flexibility index (Phi) is 4.86. The highest BCUT2D eigenvalue weighted by Gasteiger charge is 2.22. The lowest BCUT2D eigenvalue weighted by atomic mass is 10.3. The summed E-state index contributed by atoms with van der Waals surface area (Å²) in [6.45, 7) is 1.31. The Morgan fingerprint density at radius 3 is 2.65 bits per heavy atom. The molecule has 0 aromatic carbocycles.